The zero-order chi connectivity index (χ0) is 11.5. The highest BCUT2D eigenvalue weighted by Crippen LogP contribution is 2.39. The minimum atomic E-state index is -0.0163. The number of aryl methyl sites for hydroxylation is 1. The van der Waals surface area contributed by atoms with Crippen molar-refractivity contribution < 1.29 is 9.47 Å². The van der Waals surface area contributed by atoms with Crippen LogP contribution in [-0.4, -0.2) is 20.3 Å². The molecule has 0 spiro atoms. The van der Waals surface area contributed by atoms with Gasteiger partial charge in [0.25, 0.3) is 0 Å². The second kappa shape index (κ2) is 5.07. The average Bonchev–Trinajstić information content (AvgIpc) is 2.81. The topological polar surface area (TPSA) is 18.5 Å². The lowest BCUT2D eigenvalue weighted by molar-refractivity contribution is 0.185. The molecule has 16 heavy (non-hydrogen) atoms. The highest BCUT2D eigenvalue weighted by Gasteiger charge is 2.27. The van der Waals surface area contributed by atoms with Crippen LogP contribution in [0.3, 0.4) is 0 Å². The predicted molar refractivity (Wildman–Crippen MR) is 65.3 cm³/mol. The van der Waals surface area contributed by atoms with Crippen molar-refractivity contribution in [3.8, 4) is 5.75 Å². The lowest BCUT2D eigenvalue weighted by Gasteiger charge is -2.19. The molecule has 1 aliphatic heterocycles. The van der Waals surface area contributed by atoms with Crippen molar-refractivity contribution in [2.45, 2.75) is 18.7 Å². The molecule has 2 nitrogen and oxygen atoms in total. The molecule has 3 heteroatoms. The Labute approximate surface area is 102 Å². The standard InChI is InChI=1S/C13H17ClO2/c1-9-3-4-12(15-2)11(7-9)13(14)10-5-6-16-8-10/h3-4,7,10,13H,5-6,8H2,1-2H3. The summed E-state index contributed by atoms with van der Waals surface area (Å²) in [5, 5.41) is -0.0163. The quantitative estimate of drug-likeness (QED) is 0.755. The fourth-order valence-electron chi connectivity index (χ4n) is 2.11. The molecule has 0 aliphatic carbocycles. The highest BCUT2D eigenvalue weighted by molar-refractivity contribution is 6.21. The Morgan fingerprint density at radius 3 is 2.94 bits per heavy atom. The molecule has 0 N–H and O–H groups in total. The molecule has 88 valence electrons. The summed E-state index contributed by atoms with van der Waals surface area (Å²) < 4.78 is 10.7. The number of hydrogen-bond acceptors (Lipinski definition) is 2. The Morgan fingerprint density at radius 1 is 1.50 bits per heavy atom. The van der Waals surface area contributed by atoms with Crippen LogP contribution in [0.5, 0.6) is 5.75 Å². The van der Waals surface area contributed by atoms with E-state index in [4.69, 9.17) is 21.1 Å². The van der Waals surface area contributed by atoms with Gasteiger partial charge in [0, 0.05) is 18.1 Å². The van der Waals surface area contributed by atoms with Crippen molar-refractivity contribution in [3.63, 3.8) is 0 Å². The van der Waals surface area contributed by atoms with Crippen LogP contribution in [0.1, 0.15) is 22.9 Å². The first-order chi connectivity index (χ1) is 7.72. The van der Waals surface area contributed by atoms with Gasteiger partial charge >= 0.3 is 0 Å². The van der Waals surface area contributed by atoms with Crippen LogP contribution < -0.4 is 4.74 Å². The molecule has 1 heterocycles. The Morgan fingerprint density at radius 2 is 2.31 bits per heavy atom. The van der Waals surface area contributed by atoms with E-state index in [1.54, 1.807) is 7.11 Å². The molecule has 0 bridgehead atoms. The lowest BCUT2D eigenvalue weighted by atomic mass is 9.96. The van der Waals surface area contributed by atoms with Crippen molar-refractivity contribution in [2.24, 2.45) is 5.92 Å². The third kappa shape index (κ3) is 2.33. The molecule has 1 fully saturated rings. The SMILES string of the molecule is COc1ccc(C)cc1C(Cl)C1CCOC1. The molecule has 0 radical (unpaired) electrons. The van der Waals surface area contributed by atoms with Gasteiger partial charge in [-0.2, -0.15) is 0 Å². The molecular weight excluding hydrogens is 224 g/mol. The number of rotatable bonds is 3. The van der Waals surface area contributed by atoms with Gasteiger partial charge in [0.2, 0.25) is 0 Å². The Bertz CT molecular complexity index is 359. The van der Waals surface area contributed by atoms with E-state index in [0.29, 0.717) is 5.92 Å². The molecule has 2 atom stereocenters. The molecule has 1 aliphatic rings. The van der Waals surface area contributed by atoms with Crippen LogP contribution in [0.15, 0.2) is 18.2 Å². The summed E-state index contributed by atoms with van der Waals surface area (Å²) in [5.74, 6) is 1.27. The molecule has 1 aromatic carbocycles. The minimum Gasteiger partial charge on any atom is -0.496 e. The van der Waals surface area contributed by atoms with Gasteiger partial charge in [-0.3, -0.25) is 0 Å². The summed E-state index contributed by atoms with van der Waals surface area (Å²) in [7, 11) is 1.68. The number of alkyl halides is 1. The Hall–Kier alpha value is -0.730. The molecular formula is C13H17ClO2. The van der Waals surface area contributed by atoms with Crippen molar-refractivity contribution >= 4 is 11.6 Å². The highest BCUT2D eigenvalue weighted by atomic mass is 35.5. The smallest absolute Gasteiger partial charge is 0.123 e. The second-order valence-corrected chi connectivity index (χ2v) is 4.74. The maximum Gasteiger partial charge on any atom is 0.123 e. The van der Waals surface area contributed by atoms with Crippen LogP contribution in [-0.2, 0) is 4.74 Å². The monoisotopic (exact) mass is 240 g/mol. The van der Waals surface area contributed by atoms with Crippen molar-refractivity contribution in [1.82, 2.24) is 0 Å². The van der Waals surface area contributed by atoms with E-state index in [0.717, 1.165) is 30.9 Å². The summed E-state index contributed by atoms with van der Waals surface area (Å²) in [6.07, 6.45) is 1.03. The van der Waals surface area contributed by atoms with Crippen LogP contribution in [0.2, 0.25) is 0 Å². The van der Waals surface area contributed by atoms with E-state index in [-0.39, 0.29) is 5.38 Å². The van der Waals surface area contributed by atoms with Gasteiger partial charge in [0.15, 0.2) is 0 Å². The van der Waals surface area contributed by atoms with Crippen LogP contribution in [0.4, 0.5) is 0 Å². The second-order valence-electron chi connectivity index (χ2n) is 4.27. The van der Waals surface area contributed by atoms with E-state index in [9.17, 15) is 0 Å². The lowest BCUT2D eigenvalue weighted by Crippen LogP contribution is -2.09. The van der Waals surface area contributed by atoms with E-state index in [1.165, 1.54) is 5.56 Å². The third-order valence-electron chi connectivity index (χ3n) is 3.06. The van der Waals surface area contributed by atoms with Crippen LogP contribution in [0, 0.1) is 12.8 Å². The first-order valence-electron chi connectivity index (χ1n) is 5.58. The van der Waals surface area contributed by atoms with E-state index < -0.39 is 0 Å². The number of halogens is 1. The van der Waals surface area contributed by atoms with Gasteiger partial charge in [-0.25, -0.2) is 0 Å². The van der Waals surface area contributed by atoms with Crippen molar-refractivity contribution in [1.29, 1.82) is 0 Å². The Balaban J connectivity index is 2.26. The van der Waals surface area contributed by atoms with Gasteiger partial charge in [0.05, 0.1) is 19.1 Å². The third-order valence-corrected chi connectivity index (χ3v) is 3.65. The number of hydrogen-bond donors (Lipinski definition) is 0. The molecule has 2 rings (SSSR count). The van der Waals surface area contributed by atoms with E-state index >= 15 is 0 Å². The normalized spacial score (nSPS) is 22.1. The Kier molecular flexibility index (Phi) is 3.72. The fourth-order valence-corrected chi connectivity index (χ4v) is 2.48. The zero-order valence-electron chi connectivity index (χ0n) is 9.70. The molecule has 0 saturated carbocycles. The molecule has 1 aromatic rings. The summed E-state index contributed by atoms with van der Waals surface area (Å²) >= 11 is 6.51. The van der Waals surface area contributed by atoms with Gasteiger partial charge in [0.1, 0.15) is 5.75 Å². The largest absolute Gasteiger partial charge is 0.496 e. The summed E-state index contributed by atoms with van der Waals surface area (Å²) in [6.45, 7) is 3.64. The zero-order valence-corrected chi connectivity index (χ0v) is 10.5. The number of methoxy groups -OCH3 is 1. The van der Waals surface area contributed by atoms with Gasteiger partial charge in [-0.1, -0.05) is 17.7 Å². The van der Waals surface area contributed by atoms with Gasteiger partial charge in [-0.15, -0.1) is 11.6 Å². The summed E-state index contributed by atoms with van der Waals surface area (Å²) in [4.78, 5) is 0. The summed E-state index contributed by atoms with van der Waals surface area (Å²) in [6, 6.07) is 6.13. The molecule has 0 amide bonds. The van der Waals surface area contributed by atoms with E-state index in [1.807, 2.05) is 12.1 Å². The van der Waals surface area contributed by atoms with E-state index in [2.05, 4.69) is 13.0 Å². The molecule has 1 saturated heterocycles. The van der Waals surface area contributed by atoms with Crippen molar-refractivity contribution in [3.05, 3.63) is 29.3 Å². The predicted octanol–water partition coefficient (Wildman–Crippen LogP) is 3.32. The van der Waals surface area contributed by atoms with Crippen molar-refractivity contribution in [2.75, 3.05) is 20.3 Å². The van der Waals surface area contributed by atoms with Gasteiger partial charge < -0.3 is 9.47 Å². The average molecular weight is 241 g/mol. The fraction of sp³-hybridized carbons (Fsp3) is 0.538. The molecule has 0 aromatic heterocycles. The molecule has 2 unspecified atom stereocenters. The first-order valence-corrected chi connectivity index (χ1v) is 6.02. The minimum absolute atomic E-state index is 0.0163. The van der Waals surface area contributed by atoms with Crippen LogP contribution >= 0.6 is 11.6 Å². The maximum atomic E-state index is 6.51. The number of ether oxygens (including phenoxy) is 2. The van der Waals surface area contributed by atoms with Gasteiger partial charge in [-0.05, 0) is 19.4 Å². The maximum absolute atomic E-state index is 6.51. The van der Waals surface area contributed by atoms with Crippen LogP contribution in [0.25, 0.3) is 0 Å². The summed E-state index contributed by atoms with van der Waals surface area (Å²) in [5.41, 5.74) is 2.29. The number of benzene rings is 1. The first kappa shape index (κ1) is 11.7.